The molecule has 0 radical (unpaired) electrons. The maximum absolute atomic E-state index is 11.1. The van der Waals surface area contributed by atoms with Crippen molar-refractivity contribution in [2.24, 2.45) is 0 Å². The highest BCUT2D eigenvalue weighted by atomic mass is 16.6. The van der Waals surface area contributed by atoms with Crippen molar-refractivity contribution in [3.63, 3.8) is 0 Å². The van der Waals surface area contributed by atoms with Crippen LogP contribution in [-0.4, -0.2) is 22.5 Å². The summed E-state index contributed by atoms with van der Waals surface area (Å²) in [6, 6.07) is 8.87. The van der Waals surface area contributed by atoms with Gasteiger partial charge in [-0.25, -0.2) is 4.79 Å². The fraction of sp³-hybridized carbons (Fsp3) is 0.133. The van der Waals surface area contributed by atoms with E-state index in [0.29, 0.717) is 24.3 Å². The number of nitrogen functional groups attached to an aromatic ring is 2. The molecule has 0 aromatic heterocycles. The third kappa shape index (κ3) is 3.88. The minimum atomic E-state index is -1.22. The van der Waals surface area contributed by atoms with Gasteiger partial charge >= 0.3 is 5.97 Å². The number of carboxylic acid groups (broad SMARTS) is 1. The highest BCUT2D eigenvalue weighted by Crippen LogP contribution is 2.26. The van der Waals surface area contributed by atoms with Gasteiger partial charge in [0.1, 0.15) is 5.69 Å². The van der Waals surface area contributed by atoms with Gasteiger partial charge in [0.2, 0.25) is 0 Å². The van der Waals surface area contributed by atoms with Gasteiger partial charge in [-0.05, 0) is 42.3 Å². The van der Waals surface area contributed by atoms with Gasteiger partial charge in [0.25, 0.3) is 5.69 Å². The molecule has 2 aromatic carbocycles. The summed E-state index contributed by atoms with van der Waals surface area (Å²) in [5.74, 6) is -1.22. The molecule has 120 valence electrons. The molecule has 8 heteroatoms. The van der Waals surface area contributed by atoms with E-state index >= 15 is 0 Å². The van der Waals surface area contributed by atoms with Crippen molar-refractivity contribution in [3.8, 4) is 0 Å². The zero-order chi connectivity index (χ0) is 17.0. The number of benzene rings is 2. The number of nitro benzene ring substituents is 1. The quantitative estimate of drug-likeness (QED) is 0.363. The molecule has 0 bridgehead atoms. The average molecular weight is 316 g/mol. The second-order valence-corrected chi connectivity index (χ2v) is 4.93. The Morgan fingerprint density at radius 3 is 2.61 bits per heavy atom. The normalized spacial score (nSPS) is 10.3. The molecule has 0 aliphatic rings. The smallest absolute Gasteiger partial charge is 0.335 e. The number of carbonyl (C=O) groups is 1. The minimum Gasteiger partial charge on any atom is -0.478 e. The number of nitrogens with zero attached hydrogens (tertiary/aromatic N) is 1. The van der Waals surface area contributed by atoms with Gasteiger partial charge in [-0.1, -0.05) is 0 Å². The fourth-order valence-electron chi connectivity index (χ4n) is 2.14. The highest BCUT2D eigenvalue weighted by molar-refractivity contribution is 5.89. The van der Waals surface area contributed by atoms with Crippen molar-refractivity contribution in [3.05, 3.63) is 57.6 Å². The summed E-state index contributed by atoms with van der Waals surface area (Å²) in [5, 5.41) is 22.9. The van der Waals surface area contributed by atoms with Gasteiger partial charge < -0.3 is 21.9 Å². The van der Waals surface area contributed by atoms with Crippen LogP contribution in [0.3, 0.4) is 0 Å². The first kappa shape index (κ1) is 16.1. The minimum absolute atomic E-state index is 0.137. The zero-order valence-corrected chi connectivity index (χ0v) is 12.2. The first-order chi connectivity index (χ1) is 10.9. The summed E-state index contributed by atoms with van der Waals surface area (Å²) in [4.78, 5) is 21.3. The van der Waals surface area contributed by atoms with Crippen LogP contribution in [0.5, 0.6) is 0 Å². The van der Waals surface area contributed by atoms with Crippen LogP contribution in [0.1, 0.15) is 15.9 Å². The second kappa shape index (κ2) is 6.65. The number of hydrogen-bond donors (Lipinski definition) is 4. The molecule has 0 atom stereocenters. The van der Waals surface area contributed by atoms with Crippen molar-refractivity contribution in [1.82, 2.24) is 0 Å². The van der Waals surface area contributed by atoms with Crippen LogP contribution in [0.25, 0.3) is 0 Å². The summed E-state index contributed by atoms with van der Waals surface area (Å²) in [6.07, 6.45) is 0.523. The number of nitro groups is 1. The van der Waals surface area contributed by atoms with E-state index in [1.165, 1.54) is 12.1 Å². The highest BCUT2D eigenvalue weighted by Gasteiger charge is 2.17. The lowest BCUT2D eigenvalue weighted by Gasteiger charge is -2.10. The van der Waals surface area contributed by atoms with Crippen LogP contribution < -0.4 is 16.8 Å². The monoisotopic (exact) mass is 316 g/mol. The van der Waals surface area contributed by atoms with Crippen molar-refractivity contribution in [1.29, 1.82) is 0 Å². The maximum atomic E-state index is 11.1. The Morgan fingerprint density at radius 1 is 1.22 bits per heavy atom. The Bertz CT molecular complexity index is 761. The molecule has 0 heterocycles. The maximum Gasteiger partial charge on any atom is 0.335 e. The molecule has 8 nitrogen and oxygen atoms in total. The van der Waals surface area contributed by atoms with Crippen LogP contribution >= 0.6 is 0 Å². The Balaban J connectivity index is 2.12. The molecule has 6 N–H and O–H groups in total. The molecule has 2 aromatic rings. The summed E-state index contributed by atoms with van der Waals surface area (Å²) in [6.45, 7) is 0.390. The van der Waals surface area contributed by atoms with E-state index in [0.717, 1.165) is 11.6 Å². The summed E-state index contributed by atoms with van der Waals surface area (Å²) < 4.78 is 0. The Morgan fingerprint density at radius 2 is 1.96 bits per heavy atom. The average Bonchev–Trinajstić information content (AvgIpc) is 2.50. The van der Waals surface area contributed by atoms with Crippen molar-refractivity contribution in [2.75, 3.05) is 23.3 Å². The van der Waals surface area contributed by atoms with E-state index in [1.807, 2.05) is 0 Å². The zero-order valence-electron chi connectivity index (χ0n) is 12.2. The molecule has 0 fully saturated rings. The number of hydrogen-bond acceptors (Lipinski definition) is 6. The third-order valence-corrected chi connectivity index (χ3v) is 3.32. The SMILES string of the molecule is Nc1ccc(N)c(CCNc2ccc(C(=O)O)cc2[N+](=O)[O-])c1. The number of carboxylic acids is 1. The van der Waals surface area contributed by atoms with Gasteiger partial charge in [0.05, 0.1) is 10.5 Å². The van der Waals surface area contributed by atoms with E-state index < -0.39 is 10.9 Å². The molecule has 0 saturated heterocycles. The number of anilines is 3. The fourth-order valence-corrected chi connectivity index (χ4v) is 2.14. The van der Waals surface area contributed by atoms with E-state index in [2.05, 4.69) is 5.32 Å². The van der Waals surface area contributed by atoms with E-state index in [9.17, 15) is 14.9 Å². The van der Waals surface area contributed by atoms with Crippen LogP contribution in [0.4, 0.5) is 22.7 Å². The molecule has 0 amide bonds. The largest absolute Gasteiger partial charge is 0.478 e. The lowest BCUT2D eigenvalue weighted by molar-refractivity contribution is -0.384. The molecular formula is C15H16N4O4. The Hall–Kier alpha value is -3.29. The van der Waals surface area contributed by atoms with E-state index in [4.69, 9.17) is 16.6 Å². The topological polar surface area (TPSA) is 145 Å². The second-order valence-electron chi connectivity index (χ2n) is 4.93. The first-order valence-electron chi connectivity index (χ1n) is 6.78. The summed E-state index contributed by atoms with van der Waals surface area (Å²) >= 11 is 0. The predicted molar refractivity (Wildman–Crippen MR) is 87.5 cm³/mol. The predicted octanol–water partition coefficient (Wildman–Crippen LogP) is 2.11. The molecule has 2 rings (SSSR count). The standard InChI is InChI=1S/C15H16N4O4/c16-11-2-3-12(17)9(7-11)5-6-18-13-4-1-10(15(20)21)8-14(13)19(22)23/h1-4,7-8,18H,5-6,16-17H2,(H,20,21). The first-order valence-corrected chi connectivity index (χ1v) is 6.78. The van der Waals surface area contributed by atoms with Crippen molar-refractivity contribution < 1.29 is 14.8 Å². The Kier molecular flexibility index (Phi) is 4.65. The lowest BCUT2D eigenvalue weighted by Crippen LogP contribution is -2.09. The van der Waals surface area contributed by atoms with Crippen LogP contribution in [-0.2, 0) is 6.42 Å². The molecule has 0 aliphatic carbocycles. The van der Waals surface area contributed by atoms with Crippen molar-refractivity contribution >= 4 is 28.7 Å². The number of aromatic carboxylic acids is 1. The van der Waals surface area contributed by atoms with Crippen molar-refractivity contribution in [2.45, 2.75) is 6.42 Å². The molecular weight excluding hydrogens is 300 g/mol. The van der Waals surface area contributed by atoms with Gasteiger partial charge in [-0.3, -0.25) is 10.1 Å². The Labute approximate surface area is 131 Å². The molecule has 0 aliphatic heterocycles. The lowest BCUT2D eigenvalue weighted by atomic mass is 10.1. The molecule has 0 spiro atoms. The van der Waals surface area contributed by atoms with Crippen LogP contribution in [0, 0.1) is 10.1 Å². The van der Waals surface area contributed by atoms with E-state index in [-0.39, 0.29) is 16.9 Å². The molecule has 0 saturated carbocycles. The van der Waals surface area contributed by atoms with Gasteiger partial charge in [0.15, 0.2) is 0 Å². The molecule has 0 unspecified atom stereocenters. The number of rotatable bonds is 6. The third-order valence-electron chi connectivity index (χ3n) is 3.32. The van der Waals surface area contributed by atoms with Crippen LogP contribution in [0.15, 0.2) is 36.4 Å². The summed E-state index contributed by atoms with van der Waals surface area (Å²) in [7, 11) is 0. The number of nitrogens with two attached hydrogens (primary N) is 2. The summed E-state index contributed by atoms with van der Waals surface area (Å²) in [5.41, 5.74) is 13.4. The van der Waals surface area contributed by atoms with Gasteiger partial charge in [-0.15, -0.1) is 0 Å². The number of nitrogens with one attached hydrogen (secondary N) is 1. The van der Waals surface area contributed by atoms with Crippen LogP contribution in [0.2, 0.25) is 0 Å². The van der Waals surface area contributed by atoms with Gasteiger partial charge in [0, 0.05) is 24.0 Å². The van der Waals surface area contributed by atoms with E-state index in [1.54, 1.807) is 18.2 Å². The van der Waals surface area contributed by atoms with Gasteiger partial charge in [-0.2, -0.15) is 0 Å². The molecule has 23 heavy (non-hydrogen) atoms.